The summed E-state index contributed by atoms with van der Waals surface area (Å²) in [6, 6.07) is 0. The Balaban J connectivity index is 0. The molecule has 0 aliphatic rings. The molecule has 4 heteroatoms. The van der Waals surface area contributed by atoms with Crippen LogP contribution in [0.2, 0.25) is 0 Å². The Morgan fingerprint density at radius 2 is 1.00 bits per heavy atom. The van der Waals surface area contributed by atoms with Crippen LogP contribution in [0.1, 0.15) is 65.2 Å². The van der Waals surface area contributed by atoms with Crippen LogP contribution in [-0.2, 0) is 0 Å². The van der Waals surface area contributed by atoms with Crippen molar-refractivity contribution in [3.8, 4) is 0 Å². The zero-order chi connectivity index (χ0) is 14.2. The third kappa shape index (κ3) is 18.2. The van der Waals surface area contributed by atoms with E-state index in [0.717, 1.165) is 51.4 Å². The van der Waals surface area contributed by atoms with Gasteiger partial charge >= 0.3 is 0 Å². The van der Waals surface area contributed by atoms with Crippen LogP contribution >= 0.6 is 0 Å². The third-order valence-corrected chi connectivity index (χ3v) is 2.63. The topological polar surface area (TPSA) is 80.9 Å². The normalized spacial score (nSPS) is 13.7. The Labute approximate surface area is 112 Å². The van der Waals surface area contributed by atoms with Gasteiger partial charge in [0, 0.05) is 13.2 Å². The fraction of sp³-hybridized carbons (Fsp3) is 1.00. The summed E-state index contributed by atoms with van der Waals surface area (Å²) in [7, 11) is 0. The molecule has 0 aliphatic heterocycles. The first-order valence-electron chi connectivity index (χ1n) is 7.20. The van der Waals surface area contributed by atoms with Crippen molar-refractivity contribution >= 4 is 0 Å². The minimum Gasteiger partial charge on any atom is -0.396 e. The van der Waals surface area contributed by atoms with Crippen molar-refractivity contribution in [3.63, 3.8) is 0 Å². The molecule has 2 atom stereocenters. The van der Waals surface area contributed by atoms with E-state index < -0.39 is 0 Å². The van der Waals surface area contributed by atoms with Gasteiger partial charge in [-0.1, -0.05) is 26.7 Å². The van der Waals surface area contributed by atoms with Crippen molar-refractivity contribution in [2.75, 3.05) is 13.2 Å². The summed E-state index contributed by atoms with van der Waals surface area (Å²) in [5.41, 5.74) is 0. The van der Waals surface area contributed by atoms with E-state index in [-0.39, 0.29) is 25.4 Å². The van der Waals surface area contributed by atoms with Crippen LogP contribution in [0.4, 0.5) is 0 Å². The zero-order valence-corrected chi connectivity index (χ0v) is 12.0. The van der Waals surface area contributed by atoms with Gasteiger partial charge in [-0.2, -0.15) is 0 Å². The van der Waals surface area contributed by atoms with Crippen LogP contribution in [0.3, 0.4) is 0 Å². The minimum absolute atomic E-state index is 0.192. The molecule has 0 aromatic heterocycles. The Morgan fingerprint density at radius 3 is 1.22 bits per heavy atom. The molecule has 4 N–H and O–H groups in total. The highest BCUT2D eigenvalue weighted by Gasteiger charge is 2.00. The van der Waals surface area contributed by atoms with Crippen LogP contribution in [0.15, 0.2) is 0 Å². The molecule has 2 unspecified atom stereocenters. The number of aliphatic hydroxyl groups is 4. The fourth-order valence-corrected chi connectivity index (χ4v) is 1.61. The highest BCUT2D eigenvalue weighted by atomic mass is 16.3. The molecule has 0 radical (unpaired) electrons. The number of hydrogen-bond donors (Lipinski definition) is 4. The van der Waals surface area contributed by atoms with Crippen molar-refractivity contribution in [1.82, 2.24) is 0 Å². The molecule has 0 rings (SSSR count). The van der Waals surface area contributed by atoms with Gasteiger partial charge in [0.05, 0.1) is 12.2 Å². The van der Waals surface area contributed by atoms with Gasteiger partial charge in [0.25, 0.3) is 0 Å². The van der Waals surface area contributed by atoms with E-state index in [9.17, 15) is 0 Å². The van der Waals surface area contributed by atoms with Crippen LogP contribution in [0.5, 0.6) is 0 Å². The highest BCUT2D eigenvalue weighted by Crippen LogP contribution is 2.03. The molecular formula is C14H32O4. The van der Waals surface area contributed by atoms with Gasteiger partial charge < -0.3 is 20.4 Å². The molecular weight excluding hydrogens is 232 g/mol. The van der Waals surface area contributed by atoms with E-state index in [1.807, 2.05) is 13.8 Å². The second-order valence-corrected chi connectivity index (χ2v) is 4.62. The molecule has 0 heterocycles. The maximum Gasteiger partial charge on any atom is 0.0541 e. The van der Waals surface area contributed by atoms with E-state index in [1.165, 1.54) is 0 Å². The first-order chi connectivity index (χ1) is 8.62. The molecule has 112 valence electrons. The van der Waals surface area contributed by atoms with Gasteiger partial charge in [0.15, 0.2) is 0 Å². The maximum atomic E-state index is 9.07. The van der Waals surface area contributed by atoms with Crippen LogP contribution < -0.4 is 0 Å². The quantitative estimate of drug-likeness (QED) is 0.485. The predicted octanol–water partition coefficient (Wildman–Crippen LogP) is 1.84. The molecule has 4 nitrogen and oxygen atoms in total. The summed E-state index contributed by atoms with van der Waals surface area (Å²) < 4.78 is 0. The molecule has 0 saturated carbocycles. The predicted molar refractivity (Wildman–Crippen MR) is 74.5 cm³/mol. The summed E-state index contributed by atoms with van der Waals surface area (Å²) in [5, 5.41) is 34.9. The molecule has 0 bridgehead atoms. The lowest BCUT2D eigenvalue weighted by Crippen LogP contribution is -2.05. The summed E-state index contributed by atoms with van der Waals surface area (Å²) in [6.07, 6.45) is 6.31. The van der Waals surface area contributed by atoms with Gasteiger partial charge in [-0.15, -0.1) is 0 Å². The third-order valence-electron chi connectivity index (χ3n) is 2.63. The van der Waals surface area contributed by atoms with Crippen molar-refractivity contribution in [2.24, 2.45) is 0 Å². The Hall–Kier alpha value is -0.160. The van der Waals surface area contributed by atoms with Crippen molar-refractivity contribution in [3.05, 3.63) is 0 Å². The van der Waals surface area contributed by atoms with Crippen molar-refractivity contribution in [2.45, 2.75) is 77.4 Å². The summed E-state index contributed by atoms with van der Waals surface area (Å²) in [6.45, 7) is 4.48. The lowest BCUT2D eigenvalue weighted by Gasteiger charge is -2.05. The summed E-state index contributed by atoms with van der Waals surface area (Å²) in [4.78, 5) is 0. The lowest BCUT2D eigenvalue weighted by molar-refractivity contribution is 0.140. The van der Waals surface area contributed by atoms with E-state index in [4.69, 9.17) is 20.4 Å². The molecule has 18 heavy (non-hydrogen) atoms. The van der Waals surface area contributed by atoms with Crippen molar-refractivity contribution in [1.29, 1.82) is 0 Å². The Morgan fingerprint density at radius 1 is 0.667 bits per heavy atom. The molecule has 0 amide bonds. The first kappa shape index (κ1) is 20.2. The molecule has 0 aliphatic carbocycles. The van der Waals surface area contributed by atoms with Gasteiger partial charge in [0.1, 0.15) is 0 Å². The fourth-order valence-electron chi connectivity index (χ4n) is 1.61. The standard InChI is InChI=1S/2C7H16O2/c2*1-2-4-7(9)5-3-6-8/h2*7-9H,2-6H2,1H3. The largest absolute Gasteiger partial charge is 0.396 e. The summed E-state index contributed by atoms with van der Waals surface area (Å²) >= 11 is 0. The molecule has 0 spiro atoms. The number of rotatable bonds is 10. The first-order valence-corrected chi connectivity index (χ1v) is 7.20. The van der Waals surface area contributed by atoms with Gasteiger partial charge in [0.2, 0.25) is 0 Å². The number of hydrogen-bond acceptors (Lipinski definition) is 4. The smallest absolute Gasteiger partial charge is 0.0541 e. The molecule has 0 aromatic rings. The summed E-state index contributed by atoms with van der Waals surface area (Å²) in [5.74, 6) is 0. The van der Waals surface area contributed by atoms with Crippen LogP contribution in [0.25, 0.3) is 0 Å². The Bertz CT molecular complexity index is 126. The average molecular weight is 264 g/mol. The second kappa shape index (κ2) is 16.8. The maximum absolute atomic E-state index is 9.07. The van der Waals surface area contributed by atoms with Crippen LogP contribution in [-0.4, -0.2) is 45.8 Å². The van der Waals surface area contributed by atoms with E-state index in [0.29, 0.717) is 0 Å². The zero-order valence-electron chi connectivity index (χ0n) is 12.0. The average Bonchev–Trinajstić information content (AvgIpc) is 2.35. The monoisotopic (exact) mass is 264 g/mol. The molecule has 0 saturated heterocycles. The SMILES string of the molecule is CCCC(O)CCCO.CCCC(O)CCCO. The van der Waals surface area contributed by atoms with E-state index in [2.05, 4.69) is 0 Å². The van der Waals surface area contributed by atoms with E-state index >= 15 is 0 Å². The lowest BCUT2D eigenvalue weighted by atomic mass is 10.1. The van der Waals surface area contributed by atoms with Gasteiger partial charge in [-0.3, -0.25) is 0 Å². The van der Waals surface area contributed by atoms with Gasteiger partial charge in [-0.05, 0) is 38.5 Å². The van der Waals surface area contributed by atoms with Crippen LogP contribution in [0, 0.1) is 0 Å². The Kier molecular flexibility index (Phi) is 18.9. The number of aliphatic hydroxyl groups excluding tert-OH is 4. The minimum atomic E-state index is -0.192. The van der Waals surface area contributed by atoms with E-state index in [1.54, 1.807) is 0 Å². The highest BCUT2D eigenvalue weighted by molar-refractivity contribution is 4.53. The van der Waals surface area contributed by atoms with Gasteiger partial charge in [-0.25, -0.2) is 0 Å². The second-order valence-electron chi connectivity index (χ2n) is 4.62. The molecule has 0 aromatic carbocycles. The molecule has 0 fully saturated rings. The van der Waals surface area contributed by atoms with Crippen molar-refractivity contribution < 1.29 is 20.4 Å².